The summed E-state index contributed by atoms with van der Waals surface area (Å²) in [5.74, 6) is 0.124. The number of aryl methyl sites for hydroxylation is 1. The number of halogens is 2. The number of amides is 1. The van der Waals surface area contributed by atoms with Crippen LogP contribution in [0.1, 0.15) is 31.4 Å². The van der Waals surface area contributed by atoms with Gasteiger partial charge >= 0.3 is 0 Å². The summed E-state index contributed by atoms with van der Waals surface area (Å²) in [4.78, 5) is 20.2. The van der Waals surface area contributed by atoms with Gasteiger partial charge in [0.05, 0.1) is 14.2 Å². The third-order valence-corrected chi connectivity index (χ3v) is 6.90. The molecule has 1 heterocycles. The van der Waals surface area contributed by atoms with E-state index in [4.69, 9.17) is 4.99 Å². The molecule has 0 unspecified atom stereocenters. The van der Waals surface area contributed by atoms with Crippen LogP contribution in [0.4, 0.5) is 5.69 Å². The van der Waals surface area contributed by atoms with Crippen molar-refractivity contribution in [2.75, 3.05) is 0 Å². The van der Waals surface area contributed by atoms with Gasteiger partial charge in [-0.15, -0.1) is 0 Å². The molecule has 0 spiro atoms. The number of phenolic OH excluding ortho intramolecular Hbond substituents is 1. The van der Waals surface area contributed by atoms with Gasteiger partial charge in [0.2, 0.25) is 0 Å². The number of thioether (sulfide) groups is 1. The third kappa shape index (κ3) is 4.73. The van der Waals surface area contributed by atoms with E-state index < -0.39 is 0 Å². The molecule has 1 aliphatic heterocycles. The van der Waals surface area contributed by atoms with Crippen LogP contribution in [-0.2, 0) is 4.79 Å². The summed E-state index contributed by atoms with van der Waals surface area (Å²) >= 11 is 5.67. The van der Waals surface area contributed by atoms with Crippen molar-refractivity contribution < 1.29 is 9.90 Å². The quantitative estimate of drug-likeness (QED) is 0.323. The van der Waals surface area contributed by atoms with E-state index in [0.29, 0.717) is 15.6 Å². The fourth-order valence-electron chi connectivity index (χ4n) is 2.70. The summed E-state index contributed by atoms with van der Waals surface area (Å²) < 4.78 is 1.77. The predicted octanol–water partition coefficient (Wildman–Crippen LogP) is 6.31. The lowest BCUT2D eigenvalue weighted by molar-refractivity contribution is -0.123. The average molecular weight is 618 g/mol. The number of benzene rings is 2. The Morgan fingerprint density at radius 2 is 1.93 bits per heavy atom. The Morgan fingerprint density at radius 3 is 2.57 bits per heavy atom. The molecule has 1 fully saturated rings. The fourth-order valence-corrected chi connectivity index (χ4v) is 5.67. The monoisotopic (exact) mass is 618 g/mol. The Bertz CT molecular complexity index is 971. The molecule has 146 valence electrons. The molecule has 28 heavy (non-hydrogen) atoms. The number of rotatable bonds is 4. The minimum Gasteiger partial charge on any atom is -0.506 e. The van der Waals surface area contributed by atoms with Crippen molar-refractivity contribution in [2.24, 2.45) is 4.99 Å². The molecule has 2 aromatic carbocycles. The lowest BCUT2D eigenvalue weighted by Gasteiger charge is -2.22. The van der Waals surface area contributed by atoms with Crippen LogP contribution in [0.25, 0.3) is 6.08 Å². The standard InChI is InChI=1S/C21H20I2N2O2S/c1-4-13(3)25-20(27)18(10-14-9-15(22)11-17(23)19(14)26)28-21(25)24-16-7-5-12(2)6-8-16/h5-11,13,26H,4H2,1-3H3/b18-10+,24-21?/t13-/m0/s1. The van der Waals surface area contributed by atoms with Crippen molar-refractivity contribution >= 4 is 79.8 Å². The van der Waals surface area contributed by atoms with E-state index >= 15 is 0 Å². The zero-order valence-electron chi connectivity index (χ0n) is 15.7. The van der Waals surface area contributed by atoms with Gasteiger partial charge in [0.25, 0.3) is 5.91 Å². The first-order valence-electron chi connectivity index (χ1n) is 8.86. The van der Waals surface area contributed by atoms with Crippen LogP contribution in [0, 0.1) is 14.1 Å². The van der Waals surface area contributed by atoms with Gasteiger partial charge in [0.1, 0.15) is 5.75 Å². The number of carbonyl (C=O) groups is 1. The molecule has 1 aliphatic rings. The van der Waals surface area contributed by atoms with Crippen LogP contribution in [0.5, 0.6) is 5.75 Å². The number of aromatic hydroxyl groups is 1. The Balaban J connectivity index is 2.03. The Morgan fingerprint density at radius 1 is 1.25 bits per heavy atom. The molecule has 0 radical (unpaired) electrons. The van der Waals surface area contributed by atoms with Crippen LogP contribution in [0.3, 0.4) is 0 Å². The number of hydrogen-bond donors (Lipinski definition) is 1. The van der Waals surface area contributed by atoms with E-state index in [9.17, 15) is 9.90 Å². The Labute approximate surface area is 196 Å². The van der Waals surface area contributed by atoms with E-state index in [2.05, 4.69) is 52.1 Å². The van der Waals surface area contributed by atoms with Crippen LogP contribution >= 0.6 is 56.9 Å². The molecule has 1 amide bonds. The second-order valence-electron chi connectivity index (χ2n) is 6.60. The molecule has 1 N–H and O–H groups in total. The summed E-state index contributed by atoms with van der Waals surface area (Å²) in [7, 11) is 0. The maximum absolute atomic E-state index is 13.1. The van der Waals surface area contributed by atoms with Gasteiger partial charge in [-0.1, -0.05) is 24.6 Å². The van der Waals surface area contributed by atoms with Crippen molar-refractivity contribution in [3.63, 3.8) is 0 Å². The van der Waals surface area contributed by atoms with E-state index in [1.807, 2.05) is 50.2 Å². The highest BCUT2D eigenvalue weighted by Gasteiger charge is 2.36. The van der Waals surface area contributed by atoms with Gasteiger partial charge in [-0.25, -0.2) is 4.99 Å². The van der Waals surface area contributed by atoms with Gasteiger partial charge in [0, 0.05) is 15.2 Å². The Kier molecular flexibility index (Phi) is 7.08. The highest BCUT2D eigenvalue weighted by molar-refractivity contribution is 14.1. The highest BCUT2D eigenvalue weighted by atomic mass is 127. The van der Waals surface area contributed by atoms with E-state index in [0.717, 1.165) is 19.2 Å². The average Bonchev–Trinajstić information content (AvgIpc) is 2.95. The predicted molar refractivity (Wildman–Crippen MR) is 134 cm³/mol. The first-order chi connectivity index (χ1) is 13.3. The lowest BCUT2D eigenvalue weighted by atomic mass is 10.1. The minimum atomic E-state index is -0.0709. The van der Waals surface area contributed by atoms with Crippen molar-refractivity contribution in [1.29, 1.82) is 0 Å². The topological polar surface area (TPSA) is 52.9 Å². The minimum absolute atomic E-state index is 0.0414. The molecule has 4 nitrogen and oxygen atoms in total. The zero-order valence-corrected chi connectivity index (χ0v) is 20.9. The van der Waals surface area contributed by atoms with Crippen molar-refractivity contribution in [3.8, 4) is 5.75 Å². The number of phenols is 1. The molecule has 1 atom stereocenters. The largest absolute Gasteiger partial charge is 0.506 e. The highest BCUT2D eigenvalue weighted by Crippen LogP contribution is 2.38. The number of hydrogen-bond acceptors (Lipinski definition) is 4. The molecule has 3 rings (SSSR count). The number of aliphatic imine (C=N–C) groups is 1. The fraction of sp³-hybridized carbons (Fsp3) is 0.238. The summed E-state index contributed by atoms with van der Waals surface area (Å²) in [6, 6.07) is 11.8. The summed E-state index contributed by atoms with van der Waals surface area (Å²) in [6.07, 6.45) is 2.60. The van der Waals surface area contributed by atoms with Crippen molar-refractivity contribution in [3.05, 3.63) is 59.6 Å². The van der Waals surface area contributed by atoms with Crippen molar-refractivity contribution in [1.82, 2.24) is 4.90 Å². The normalized spacial score (nSPS) is 18.3. The van der Waals surface area contributed by atoms with E-state index in [1.54, 1.807) is 11.0 Å². The van der Waals surface area contributed by atoms with Gasteiger partial charge in [-0.2, -0.15) is 0 Å². The zero-order chi connectivity index (χ0) is 20.4. The molecule has 7 heteroatoms. The lowest BCUT2D eigenvalue weighted by Crippen LogP contribution is -2.36. The third-order valence-electron chi connectivity index (χ3n) is 4.47. The van der Waals surface area contributed by atoms with Crippen LogP contribution in [0.2, 0.25) is 0 Å². The van der Waals surface area contributed by atoms with Crippen LogP contribution < -0.4 is 0 Å². The van der Waals surface area contributed by atoms with Gasteiger partial charge in [0.15, 0.2) is 5.17 Å². The summed E-state index contributed by atoms with van der Waals surface area (Å²) in [5, 5.41) is 11.1. The summed E-state index contributed by atoms with van der Waals surface area (Å²) in [5.41, 5.74) is 2.64. The number of amidine groups is 1. The Hall–Kier alpha value is -1.07. The van der Waals surface area contributed by atoms with Gasteiger partial charge < -0.3 is 5.11 Å². The molecule has 2 aromatic rings. The maximum atomic E-state index is 13.1. The smallest absolute Gasteiger partial charge is 0.267 e. The first kappa shape index (κ1) is 21.6. The molecular weight excluding hydrogens is 598 g/mol. The summed E-state index contributed by atoms with van der Waals surface area (Å²) in [6.45, 7) is 6.12. The number of carbonyl (C=O) groups excluding carboxylic acids is 1. The van der Waals surface area contributed by atoms with E-state index in [-0.39, 0.29) is 17.7 Å². The molecule has 0 aromatic heterocycles. The molecule has 0 saturated carbocycles. The van der Waals surface area contributed by atoms with Crippen LogP contribution in [-0.4, -0.2) is 27.1 Å². The first-order valence-corrected chi connectivity index (χ1v) is 11.8. The van der Waals surface area contributed by atoms with E-state index in [1.165, 1.54) is 17.3 Å². The second kappa shape index (κ2) is 9.17. The molecule has 0 aliphatic carbocycles. The van der Waals surface area contributed by atoms with Gasteiger partial charge in [-0.3, -0.25) is 9.69 Å². The second-order valence-corrected chi connectivity index (χ2v) is 10.0. The maximum Gasteiger partial charge on any atom is 0.267 e. The molecule has 0 bridgehead atoms. The SMILES string of the molecule is CC[C@H](C)N1C(=O)/C(=C\c2cc(I)cc(I)c2O)SC1=Nc1ccc(C)cc1. The van der Waals surface area contributed by atoms with Gasteiger partial charge in [-0.05, 0) is 108 Å². The number of nitrogens with zero attached hydrogens (tertiary/aromatic N) is 2. The molecule has 1 saturated heterocycles. The van der Waals surface area contributed by atoms with Crippen LogP contribution in [0.15, 0.2) is 46.3 Å². The molecular formula is C21H20I2N2O2S. The van der Waals surface area contributed by atoms with Crippen molar-refractivity contribution in [2.45, 2.75) is 33.2 Å².